The van der Waals surface area contributed by atoms with Gasteiger partial charge in [-0.3, -0.25) is 0 Å². The Hall–Kier alpha value is -1.11. The molecular formula is C18H18PSn. The summed E-state index contributed by atoms with van der Waals surface area (Å²) in [4.78, 5) is 0. The third kappa shape index (κ3) is 3.50. The van der Waals surface area contributed by atoms with E-state index in [1.54, 1.807) is 0 Å². The van der Waals surface area contributed by atoms with Gasteiger partial charge in [-0.1, -0.05) is 0 Å². The van der Waals surface area contributed by atoms with Gasteiger partial charge in [0.25, 0.3) is 0 Å². The maximum absolute atomic E-state index is 2.29. The van der Waals surface area contributed by atoms with E-state index in [1.165, 1.54) is 10.7 Å². The Morgan fingerprint density at radius 2 is 0.650 bits per heavy atom. The summed E-state index contributed by atoms with van der Waals surface area (Å²) in [6.07, 6.45) is 0. The molecule has 1 radical (unpaired) electrons. The van der Waals surface area contributed by atoms with E-state index in [1.807, 2.05) is 0 Å². The van der Waals surface area contributed by atoms with Crippen molar-refractivity contribution >= 4 is 40.4 Å². The molecule has 0 heterocycles. The van der Waals surface area contributed by atoms with E-state index in [2.05, 4.69) is 91.0 Å². The number of benzene rings is 3. The monoisotopic (exact) mass is 385 g/mol. The van der Waals surface area contributed by atoms with Crippen molar-refractivity contribution in [3.63, 3.8) is 0 Å². The fraction of sp³-hybridized carbons (Fsp3) is 0. The van der Waals surface area contributed by atoms with Crippen LogP contribution in [0.4, 0.5) is 0 Å². The molecule has 0 spiro atoms. The van der Waals surface area contributed by atoms with Crippen LogP contribution in [-0.4, -0.2) is 19.8 Å². The average molecular weight is 384 g/mol. The molecule has 1 atom stereocenters. The van der Waals surface area contributed by atoms with Crippen LogP contribution >= 0.6 is 9.90 Å². The second-order valence-electron chi connectivity index (χ2n) is 4.47. The first-order valence-corrected chi connectivity index (χ1v) is 10.8. The Bertz CT molecular complexity index is 529. The van der Waals surface area contributed by atoms with Crippen LogP contribution in [0.2, 0.25) is 0 Å². The van der Waals surface area contributed by atoms with Crippen LogP contribution in [0.25, 0.3) is 0 Å². The Morgan fingerprint density at radius 3 is 0.900 bits per heavy atom. The fourth-order valence-electron chi connectivity index (χ4n) is 2.31. The Labute approximate surface area is 131 Å². The normalized spacial score (nSPS) is 10.1. The van der Waals surface area contributed by atoms with Crippen molar-refractivity contribution in [2.75, 3.05) is 0 Å². The first kappa shape index (κ1) is 15.3. The van der Waals surface area contributed by atoms with Crippen LogP contribution in [0.1, 0.15) is 0 Å². The van der Waals surface area contributed by atoms with Crippen molar-refractivity contribution in [2.24, 2.45) is 0 Å². The fourth-order valence-corrected chi connectivity index (χ4v) is 9.67. The number of rotatable bonds is 3. The number of hydrogen-bond donors (Lipinski definition) is 0. The molecular weight excluding hydrogens is 366 g/mol. The van der Waals surface area contributed by atoms with Crippen molar-refractivity contribution in [3.8, 4) is 0 Å². The van der Waals surface area contributed by atoms with E-state index in [-0.39, 0.29) is 9.90 Å². The third-order valence-corrected chi connectivity index (χ3v) is 11.0. The van der Waals surface area contributed by atoms with Crippen LogP contribution in [0.15, 0.2) is 91.0 Å². The Kier molecular flexibility index (Phi) is 5.82. The summed E-state index contributed by atoms with van der Waals surface area (Å²) in [7, 11) is 0. The van der Waals surface area contributed by atoms with Crippen molar-refractivity contribution in [1.82, 2.24) is 0 Å². The average Bonchev–Trinajstić information content (AvgIpc) is 2.51. The maximum atomic E-state index is 2.29. The summed E-state index contributed by atoms with van der Waals surface area (Å²) in [5, 5.41) is 0. The van der Waals surface area contributed by atoms with Crippen LogP contribution in [0.3, 0.4) is 0 Å². The van der Waals surface area contributed by atoms with Crippen LogP contribution < -0.4 is 10.7 Å². The van der Waals surface area contributed by atoms with Crippen molar-refractivity contribution in [3.05, 3.63) is 91.0 Å². The van der Waals surface area contributed by atoms with E-state index in [4.69, 9.17) is 0 Å². The van der Waals surface area contributed by atoms with E-state index in [0.29, 0.717) is 0 Å². The molecule has 0 amide bonds. The van der Waals surface area contributed by atoms with Gasteiger partial charge in [0.05, 0.1) is 0 Å². The Balaban J connectivity index is 0.00000147. The zero-order valence-corrected chi connectivity index (χ0v) is 15.6. The molecule has 0 saturated heterocycles. The molecule has 3 aromatic carbocycles. The third-order valence-electron chi connectivity index (χ3n) is 3.19. The second-order valence-corrected chi connectivity index (χ2v) is 11.6. The summed E-state index contributed by atoms with van der Waals surface area (Å²) in [5.41, 5.74) is 0. The van der Waals surface area contributed by atoms with Crippen LogP contribution in [0, 0.1) is 0 Å². The summed E-state index contributed by atoms with van der Waals surface area (Å²) in [6, 6.07) is 32.9. The van der Waals surface area contributed by atoms with Crippen molar-refractivity contribution in [1.29, 1.82) is 0 Å². The van der Waals surface area contributed by atoms with Gasteiger partial charge in [0.2, 0.25) is 0 Å². The van der Waals surface area contributed by atoms with Crippen molar-refractivity contribution in [2.45, 2.75) is 0 Å². The number of hydrogen-bond acceptors (Lipinski definition) is 0. The van der Waals surface area contributed by atoms with Gasteiger partial charge in [0.1, 0.15) is 0 Å². The van der Waals surface area contributed by atoms with Crippen LogP contribution in [-0.2, 0) is 0 Å². The summed E-state index contributed by atoms with van der Waals surface area (Å²) < 4.78 is 4.59. The van der Waals surface area contributed by atoms with Gasteiger partial charge in [0.15, 0.2) is 0 Å². The molecule has 20 heavy (non-hydrogen) atoms. The zero-order chi connectivity index (χ0) is 12.9. The van der Waals surface area contributed by atoms with Gasteiger partial charge in [-0.25, -0.2) is 0 Å². The molecule has 3 aromatic rings. The molecule has 0 bridgehead atoms. The first-order chi connectivity index (χ1) is 9.45. The SMILES string of the molecule is P.c1cc[c]([Sn]([c]2ccccc2)[c]2ccccc2)cc1. The molecule has 0 aliphatic carbocycles. The van der Waals surface area contributed by atoms with Gasteiger partial charge < -0.3 is 0 Å². The first-order valence-electron chi connectivity index (χ1n) is 6.48. The molecule has 2 heteroatoms. The zero-order valence-electron chi connectivity index (χ0n) is 11.4. The van der Waals surface area contributed by atoms with Crippen LogP contribution in [0.5, 0.6) is 0 Å². The van der Waals surface area contributed by atoms with Gasteiger partial charge in [0, 0.05) is 0 Å². The predicted octanol–water partition coefficient (Wildman–Crippen LogP) is 2.26. The van der Waals surface area contributed by atoms with E-state index in [9.17, 15) is 0 Å². The van der Waals surface area contributed by atoms with Crippen molar-refractivity contribution < 1.29 is 0 Å². The molecule has 1 unspecified atom stereocenters. The minimum atomic E-state index is -1.98. The predicted molar refractivity (Wildman–Crippen MR) is 95.1 cm³/mol. The molecule has 0 saturated carbocycles. The van der Waals surface area contributed by atoms with Gasteiger partial charge >= 0.3 is 121 Å². The summed E-state index contributed by atoms with van der Waals surface area (Å²) in [5.74, 6) is 0. The molecule has 0 N–H and O–H groups in total. The molecule has 0 aliphatic rings. The second kappa shape index (κ2) is 7.61. The molecule has 3 rings (SSSR count). The summed E-state index contributed by atoms with van der Waals surface area (Å²) in [6.45, 7) is 0. The molecule has 0 aliphatic heterocycles. The Morgan fingerprint density at radius 1 is 0.400 bits per heavy atom. The molecule has 0 fully saturated rings. The minimum absolute atomic E-state index is 0. The van der Waals surface area contributed by atoms with Gasteiger partial charge in [-0.15, -0.1) is 0 Å². The van der Waals surface area contributed by atoms with E-state index >= 15 is 0 Å². The summed E-state index contributed by atoms with van der Waals surface area (Å²) >= 11 is -1.98. The standard InChI is InChI=1S/3C6H5.H3P.Sn/c3*1-2-4-6-5-3-1;;/h3*1-5H;1H3;. The quantitative estimate of drug-likeness (QED) is 0.480. The van der Waals surface area contributed by atoms with Gasteiger partial charge in [-0.05, 0) is 0 Å². The van der Waals surface area contributed by atoms with E-state index < -0.39 is 19.8 Å². The van der Waals surface area contributed by atoms with E-state index in [0.717, 1.165) is 0 Å². The van der Waals surface area contributed by atoms with Gasteiger partial charge in [-0.2, -0.15) is 9.90 Å². The topological polar surface area (TPSA) is 0 Å². The molecule has 0 aromatic heterocycles. The molecule has 99 valence electrons. The molecule has 0 nitrogen and oxygen atoms in total.